The number of amides is 2. The van der Waals surface area contributed by atoms with Crippen LogP contribution in [0.1, 0.15) is 25.3 Å². The largest absolute Gasteiger partial charge is 0.351 e. The van der Waals surface area contributed by atoms with Crippen molar-refractivity contribution < 1.29 is 18.0 Å². The Morgan fingerprint density at radius 3 is 2.54 bits per heavy atom. The fourth-order valence-electron chi connectivity index (χ4n) is 2.82. The molecule has 2 rings (SSSR count). The Bertz CT molecular complexity index is 673. The summed E-state index contributed by atoms with van der Waals surface area (Å²) in [6.07, 6.45) is 2.06. The monoisotopic (exact) mass is 352 g/mol. The average molecular weight is 352 g/mol. The van der Waals surface area contributed by atoms with Crippen molar-refractivity contribution in [2.24, 2.45) is 0 Å². The number of sulfone groups is 1. The molecular formula is C17H24N2O4S. The van der Waals surface area contributed by atoms with E-state index in [-0.39, 0.29) is 35.9 Å². The Hall–Kier alpha value is -1.89. The zero-order valence-corrected chi connectivity index (χ0v) is 14.7. The molecule has 0 radical (unpaired) electrons. The van der Waals surface area contributed by atoms with Gasteiger partial charge in [-0.3, -0.25) is 9.59 Å². The molecule has 1 N–H and O–H groups in total. The van der Waals surface area contributed by atoms with E-state index in [1.54, 1.807) is 0 Å². The maximum Gasteiger partial charge on any atom is 0.239 e. The highest BCUT2D eigenvalue weighted by molar-refractivity contribution is 7.91. The van der Waals surface area contributed by atoms with Gasteiger partial charge in [-0.25, -0.2) is 8.42 Å². The molecule has 1 aromatic carbocycles. The first-order valence-electron chi connectivity index (χ1n) is 8.15. The van der Waals surface area contributed by atoms with E-state index in [0.717, 1.165) is 12.8 Å². The number of carbonyl (C=O) groups excluding carboxylic acids is 2. The van der Waals surface area contributed by atoms with Crippen LogP contribution in [0.3, 0.4) is 0 Å². The summed E-state index contributed by atoms with van der Waals surface area (Å²) >= 11 is 0. The second-order valence-corrected chi connectivity index (χ2v) is 8.43. The Morgan fingerprint density at radius 2 is 1.96 bits per heavy atom. The number of hydrogen-bond acceptors (Lipinski definition) is 4. The van der Waals surface area contributed by atoms with Crippen molar-refractivity contribution in [3.63, 3.8) is 0 Å². The first-order valence-corrected chi connectivity index (χ1v) is 9.97. The maximum atomic E-state index is 12.1. The van der Waals surface area contributed by atoms with E-state index in [2.05, 4.69) is 5.32 Å². The molecule has 1 heterocycles. The van der Waals surface area contributed by atoms with Gasteiger partial charge in [0.2, 0.25) is 11.8 Å². The highest BCUT2D eigenvalue weighted by Crippen LogP contribution is 2.11. The van der Waals surface area contributed by atoms with Crippen LogP contribution >= 0.6 is 0 Å². The third kappa shape index (κ3) is 5.96. The Morgan fingerprint density at radius 1 is 1.25 bits per heavy atom. The summed E-state index contributed by atoms with van der Waals surface area (Å²) in [7, 11) is -3.03. The molecule has 2 amide bonds. The van der Waals surface area contributed by atoms with Gasteiger partial charge in [-0.05, 0) is 24.8 Å². The molecule has 0 saturated carbocycles. The number of aryl methyl sites for hydroxylation is 1. The Kier molecular flexibility index (Phi) is 6.36. The van der Waals surface area contributed by atoms with Gasteiger partial charge in [-0.15, -0.1) is 0 Å². The number of nitrogens with one attached hydrogen (secondary N) is 1. The predicted molar refractivity (Wildman–Crippen MR) is 92.2 cm³/mol. The summed E-state index contributed by atoms with van der Waals surface area (Å²) in [5.74, 6) is -0.345. The lowest BCUT2D eigenvalue weighted by atomic mass is 10.1. The van der Waals surface area contributed by atoms with Gasteiger partial charge in [0.25, 0.3) is 0 Å². The summed E-state index contributed by atoms with van der Waals surface area (Å²) in [5.41, 5.74) is 1.20. The zero-order valence-electron chi connectivity index (χ0n) is 13.9. The standard InChI is InChI=1S/C17H24N2O4S/c1-14(20)19(10-5-8-15-6-3-2-4-7-15)12-17(21)18-16-9-11-24(22,23)13-16/h2-4,6-7,16H,5,8-13H2,1H3,(H,18,21). The number of benzene rings is 1. The fourth-order valence-corrected chi connectivity index (χ4v) is 4.50. The highest BCUT2D eigenvalue weighted by Gasteiger charge is 2.29. The van der Waals surface area contributed by atoms with Gasteiger partial charge in [0.1, 0.15) is 0 Å². The van der Waals surface area contributed by atoms with Crippen LogP contribution in [-0.4, -0.2) is 55.8 Å². The first-order chi connectivity index (χ1) is 11.4. The van der Waals surface area contributed by atoms with E-state index >= 15 is 0 Å². The molecule has 1 atom stereocenters. The van der Waals surface area contributed by atoms with Crippen LogP contribution in [0, 0.1) is 0 Å². The van der Waals surface area contributed by atoms with Crippen LogP contribution in [-0.2, 0) is 25.8 Å². The summed E-state index contributed by atoms with van der Waals surface area (Å²) in [4.78, 5) is 25.3. The summed E-state index contributed by atoms with van der Waals surface area (Å²) in [6, 6.07) is 9.64. The Labute approximate surface area is 143 Å². The number of nitrogens with zero attached hydrogens (tertiary/aromatic N) is 1. The molecule has 1 fully saturated rings. The molecule has 0 aliphatic carbocycles. The molecule has 1 unspecified atom stereocenters. The molecular weight excluding hydrogens is 328 g/mol. The van der Waals surface area contributed by atoms with Crippen molar-refractivity contribution in [1.82, 2.24) is 10.2 Å². The second kappa shape index (κ2) is 8.28. The van der Waals surface area contributed by atoms with Crippen LogP contribution in [0.25, 0.3) is 0 Å². The van der Waals surface area contributed by atoms with E-state index in [9.17, 15) is 18.0 Å². The third-order valence-corrected chi connectivity index (χ3v) is 5.88. The molecule has 1 saturated heterocycles. The second-order valence-electron chi connectivity index (χ2n) is 6.20. The molecule has 7 heteroatoms. The minimum atomic E-state index is -3.03. The van der Waals surface area contributed by atoms with Crippen molar-refractivity contribution in [1.29, 1.82) is 0 Å². The molecule has 132 valence electrons. The SMILES string of the molecule is CC(=O)N(CCCc1ccccc1)CC(=O)NC1CCS(=O)(=O)C1. The van der Waals surface area contributed by atoms with Crippen LogP contribution in [0.2, 0.25) is 0 Å². The number of hydrogen-bond donors (Lipinski definition) is 1. The van der Waals surface area contributed by atoms with Crippen molar-refractivity contribution in [3.8, 4) is 0 Å². The quantitative estimate of drug-likeness (QED) is 0.786. The molecule has 0 aromatic heterocycles. The van der Waals surface area contributed by atoms with E-state index in [0.29, 0.717) is 13.0 Å². The molecule has 24 heavy (non-hydrogen) atoms. The summed E-state index contributed by atoms with van der Waals surface area (Å²) in [5, 5.41) is 2.72. The smallest absolute Gasteiger partial charge is 0.239 e. The van der Waals surface area contributed by atoms with Crippen molar-refractivity contribution in [2.45, 2.75) is 32.2 Å². The van der Waals surface area contributed by atoms with Gasteiger partial charge < -0.3 is 10.2 Å². The van der Waals surface area contributed by atoms with Crippen LogP contribution < -0.4 is 5.32 Å². The predicted octanol–water partition coefficient (Wildman–Crippen LogP) is 0.771. The lowest BCUT2D eigenvalue weighted by Gasteiger charge is -2.21. The fraction of sp³-hybridized carbons (Fsp3) is 0.529. The third-order valence-electron chi connectivity index (χ3n) is 4.11. The number of rotatable bonds is 7. The molecule has 1 aliphatic heterocycles. The van der Waals surface area contributed by atoms with Gasteiger partial charge in [-0.2, -0.15) is 0 Å². The molecule has 6 nitrogen and oxygen atoms in total. The van der Waals surface area contributed by atoms with E-state index in [4.69, 9.17) is 0 Å². The van der Waals surface area contributed by atoms with Crippen molar-refractivity contribution in [2.75, 3.05) is 24.6 Å². The lowest BCUT2D eigenvalue weighted by Crippen LogP contribution is -2.44. The Balaban J connectivity index is 1.78. The van der Waals surface area contributed by atoms with Gasteiger partial charge in [0, 0.05) is 19.5 Å². The molecule has 0 bridgehead atoms. The van der Waals surface area contributed by atoms with Crippen molar-refractivity contribution >= 4 is 21.7 Å². The van der Waals surface area contributed by atoms with Gasteiger partial charge in [-0.1, -0.05) is 30.3 Å². The van der Waals surface area contributed by atoms with Gasteiger partial charge in [0.05, 0.1) is 18.1 Å². The van der Waals surface area contributed by atoms with Crippen molar-refractivity contribution in [3.05, 3.63) is 35.9 Å². The number of carbonyl (C=O) groups is 2. The van der Waals surface area contributed by atoms with Gasteiger partial charge in [0.15, 0.2) is 9.84 Å². The summed E-state index contributed by atoms with van der Waals surface area (Å²) in [6.45, 7) is 1.91. The molecule has 1 aromatic rings. The minimum absolute atomic E-state index is 0.00712. The zero-order chi connectivity index (χ0) is 17.6. The maximum absolute atomic E-state index is 12.1. The van der Waals surface area contributed by atoms with E-state index in [1.807, 2.05) is 30.3 Å². The normalized spacial score (nSPS) is 19.0. The first kappa shape index (κ1) is 18.4. The van der Waals surface area contributed by atoms with E-state index < -0.39 is 9.84 Å². The lowest BCUT2D eigenvalue weighted by molar-refractivity contribution is -0.134. The topological polar surface area (TPSA) is 83.6 Å². The van der Waals surface area contributed by atoms with E-state index in [1.165, 1.54) is 17.4 Å². The van der Waals surface area contributed by atoms with Crippen LogP contribution in [0.5, 0.6) is 0 Å². The molecule has 0 spiro atoms. The summed E-state index contributed by atoms with van der Waals surface area (Å²) < 4.78 is 22.8. The highest BCUT2D eigenvalue weighted by atomic mass is 32.2. The van der Waals surface area contributed by atoms with Gasteiger partial charge >= 0.3 is 0 Å². The van der Waals surface area contributed by atoms with Crippen LogP contribution in [0.4, 0.5) is 0 Å². The average Bonchev–Trinajstić information content (AvgIpc) is 2.86. The minimum Gasteiger partial charge on any atom is -0.351 e. The van der Waals surface area contributed by atoms with Crippen LogP contribution in [0.15, 0.2) is 30.3 Å². The molecule has 1 aliphatic rings.